The molecule has 0 spiro atoms. The Labute approximate surface area is 131 Å². The number of aromatic nitrogens is 2. The zero-order valence-electron chi connectivity index (χ0n) is 12.2. The zero-order valence-corrected chi connectivity index (χ0v) is 12.2. The molecule has 0 aliphatic carbocycles. The molecule has 2 aromatic carbocycles. The fourth-order valence-electron chi connectivity index (χ4n) is 2.77. The lowest BCUT2D eigenvalue weighted by Gasteiger charge is -2.08. The molecule has 0 saturated carbocycles. The van der Waals surface area contributed by atoms with Gasteiger partial charge in [0.1, 0.15) is 5.82 Å². The molecule has 116 valence electrons. The van der Waals surface area contributed by atoms with E-state index in [9.17, 15) is 4.79 Å². The average Bonchev–Trinajstić information content (AvgIpc) is 3.16. The molecular weight excluding hydrogens is 296 g/mol. The van der Waals surface area contributed by atoms with E-state index in [-0.39, 0.29) is 13.2 Å². The van der Waals surface area contributed by atoms with Crippen molar-refractivity contribution >= 4 is 17.0 Å². The predicted molar refractivity (Wildman–Crippen MR) is 83.5 cm³/mol. The number of carboxylic acid groups (broad SMARTS) is 1. The highest BCUT2D eigenvalue weighted by Crippen LogP contribution is 2.36. The third-order valence-electron chi connectivity index (χ3n) is 3.83. The smallest absolute Gasteiger partial charge is 0.305 e. The molecule has 0 unspecified atom stereocenters. The molecule has 0 radical (unpaired) electrons. The topological polar surface area (TPSA) is 73.6 Å². The molecule has 6 nitrogen and oxygen atoms in total. The molecule has 4 rings (SSSR count). The van der Waals surface area contributed by atoms with Crippen molar-refractivity contribution < 1.29 is 19.4 Å². The van der Waals surface area contributed by atoms with Crippen LogP contribution in [0.25, 0.3) is 22.4 Å². The molecule has 0 saturated heterocycles. The van der Waals surface area contributed by atoms with Gasteiger partial charge in [-0.1, -0.05) is 12.1 Å². The highest BCUT2D eigenvalue weighted by molar-refractivity contribution is 5.81. The van der Waals surface area contributed by atoms with Gasteiger partial charge in [0.2, 0.25) is 6.79 Å². The summed E-state index contributed by atoms with van der Waals surface area (Å²) in [6, 6.07) is 13.3. The Kier molecular flexibility index (Phi) is 3.15. The van der Waals surface area contributed by atoms with Crippen LogP contribution in [-0.4, -0.2) is 27.4 Å². The number of para-hydroxylation sites is 2. The van der Waals surface area contributed by atoms with Crippen LogP contribution in [0.2, 0.25) is 0 Å². The number of benzene rings is 2. The normalized spacial score (nSPS) is 12.7. The van der Waals surface area contributed by atoms with Crippen LogP contribution in [0, 0.1) is 0 Å². The second kappa shape index (κ2) is 5.31. The number of aliphatic carboxylic acids is 1. The van der Waals surface area contributed by atoms with E-state index in [4.69, 9.17) is 14.6 Å². The summed E-state index contributed by atoms with van der Waals surface area (Å²) in [5.41, 5.74) is 2.63. The Bertz CT molecular complexity index is 901. The molecule has 0 amide bonds. The Morgan fingerprint density at radius 3 is 2.87 bits per heavy atom. The molecule has 0 atom stereocenters. The first kappa shape index (κ1) is 13.6. The van der Waals surface area contributed by atoms with Gasteiger partial charge in [-0.2, -0.15) is 0 Å². The largest absolute Gasteiger partial charge is 0.481 e. The third kappa shape index (κ3) is 2.38. The minimum absolute atomic E-state index is 0.0396. The second-order valence-corrected chi connectivity index (χ2v) is 5.29. The van der Waals surface area contributed by atoms with Crippen LogP contribution >= 0.6 is 0 Å². The van der Waals surface area contributed by atoms with Crippen molar-refractivity contribution in [3.63, 3.8) is 0 Å². The van der Waals surface area contributed by atoms with E-state index in [1.165, 1.54) is 0 Å². The Morgan fingerprint density at radius 1 is 1.17 bits per heavy atom. The Balaban J connectivity index is 1.85. The van der Waals surface area contributed by atoms with Crippen molar-refractivity contribution in [1.82, 2.24) is 9.55 Å². The van der Waals surface area contributed by atoms with Crippen LogP contribution in [0.3, 0.4) is 0 Å². The molecule has 1 aromatic heterocycles. The first-order valence-electron chi connectivity index (χ1n) is 7.29. The number of hydrogen-bond acceptors (Lipinski definition) is 4. The summed E-state index contributed by atoms with van der Waals surface area (Å²) in [5.74, 6) is 1.28. The third-order valence-corrected chi connectivity index (χ3v) is 3.83. The fraction of sp³-hybridized carbons (Fsp3) is 0.176. The van der Waals surface area contributed by atoms with Crippen LogP contribution in [0.5, 0.6) is 11.5 Å². The van der Waals surface area contributed by atoms with E-state index in [2.05, 4.69) is 4.98 Å². The van der Waals surface area contributed by atoms with Crippen LogP contribution < -0.4 is 9.47 Å². The quantitative estimate of drug-likeness (QED) is 0.802. The van der Waals surface area contributed by atoms with Gasteiger partial charge >= 0.3 is 5.97 Å². The molecule has 6 heteroatoms. The lowest BCUT2D eigenvalue weighted by atomic mass is 10.2. The van der Waals surface area contributed by atoms with E-state index < -0.39 is 5.97 Å². The molecule has 23 heavy (non-hydrogen) atoms. The number of imidazole rings is 1. The van der Waals surface area contributed by atoms with Gasteiger partial charge in [0.15, 0.2) is 11.5 Å². The summed E-state index contributed by atoms with van der Waals surface area (Å²) in [4.78, 5) is 15.6. The minimum Gasteiger partial charge on any atom is -0.481 e. The molecule has 0 bridgehead atoms. The van der Waals surface area contributed by atoms with Crippen molar-refractivity contribution in [3.8, 4) is 22.9 Å². The highest BCUT2D eigenvalue weighted by atomic mass is 16.7. The number of nitrogens with zero attached hydrogens (tertiary/aromatic N) is 2. The van der Waals surface area contributed by atoms with Gasteiger partial charge in [-0.05, 0) is 30.3 Å². The molecule has 1 aliphatic heterocycles. The van der Waals surface area contributed by atoms with E-state index in [1.54, 1.807) is 0 Å². The maximum atomic E-state index is 11.0. The summed E-state index contributed by atoms with van der Waals surface area (Å²) in [5, 5.41) is 9.00. The first-order valence-corrected chi connectivity index (χ1v) is 7.29. The Morgan fingerprint density at radius 2 is 2.00 bits per heavy atom. The summed E-state index contributed by atoms with van der Waals surface area (Å²) in [6.45, 7) is 0.577. The molecule has 2 heterocycles. The fourth-order valence-corrected chi connectivity index (χ4v) is 2.77. The van der Waals surface area contributed by atoms with Gasteiger partial charge in [0, 0.05) is 12.1 Å². The number of carboxylic acids is 1. The van der Waals surface area contributed by atoms with E-state index >= 15 is 0 Å². The van der Waals surface area contributed by atoms with Crippen molar-refractivity contribution in [2.24, 2.45) is 0 Å². The monoisotopic (exact) mass is 310 g/mol. The highest BCUT2D eigenvalue weighted by Gasteiger charge is 2.18. The summed E-state index contributed by atoms with van der Waals surface area (Å²) >= 11 is 0. The van der Waals surface area contributed by atoms with Gasteiger partial charge in [-0.25, -0.2) is 4.98 Å². The van der Waals surface area contributed by atoms with Gasteiger partial charge in [0.05, 0.1) is 17.5 Å². The van der Waals surface area contributed by atoms with E-state index in [1.807, 2.05) is 47.0 Å². The molecule has 0 fully saturated rings. The summed E-state index contributed by atoms with van der Waals surface area (Å²) < 4.78 is 12.7. The molecular formula is C17H14N2O4. The molecule has 1 N–H and O–H groups in total. The lowest BCUT2D eigenvalue weighted by molar-refractivity contribution is -0.137. The number of aryl methyl sites for hydroxylation is 1. The summed E-state index contributed by atoms with van der Waals surface area (Å²) in [7, 11) is 0. The molecule has 1 aliphatic rings. The van der Waals surface area contributed by atoms with E-state index in [0.29, 0.717) is 18.0 Å². The maximum absolute atomic E-state index is 11.0. The lowest BCUT2D eigenvalue weighted by Crippen LogP contribution is -2.06. The van der Waals surface area contributed by atoms with Gasteiger partial charge < -0.3 is 19.1 Å². The molecule has 3 aromatic rings. The number of rotatable bonds is 4. The predicted octanol–water partition coefficient (Wildman–Crippen LogP) is 2.91. The number of hydrogen-bond donors (Lipinski definition) is 1. The van der Waals surface area contributed by atoms with Crippen molar-refractivity contribution in [2.75, 3.05) is 6.79 Å². The average molecular weight is 310 g/mol. The van der Waals surface area contributed by atoms with Crippen molar-refractivity contribution in [1.29, 1.82) is 0 Å². The SMILES string of the molecule is O=C(O)CCn1c(-c2ccc3c(c2)OCO3)nc2ccccc21. The van der Waals surface area contributed by atoms with Crippen molar-refractivity contribution in [3.05, 3.63) is 42.5 Å². The first-order chi connectivity index (χ1) is 11.2. The second-order valence-electron chi connectivity index (χ2n) is 5.29. The van der Waals surface area contributed by atoms with Gasteiger partial charge in [-0.3, -0.25) is 4.79 Å². The van der Waals surface area contributed by atoms with Gasteiger partial charge in [0.25, 0.3) is 0 Å². The number of fused-ring (bicyclic) bond motifs is 2. The minimum atomic E-state index is -0.834. The standard InChI is InChI=1S/C17H14N2O4/c20-16(21)7-8-19-13-4-2-1-3-12(13)18-17(19)11-5-6-14-15(9-11)23-10-22-14/h1-6,9H,7-8,10H2,(H,20,21). The van der Waals surface area contributed by atoms with Gasteiger partial charge in [-0.15, -0.1) is 0 Å². The van der Waals surface area contributed by atoms with E-state index in [0.717, 1.165) is 22.4 Å². The maximum Gasteiger partial charge on any atom is 0.305 e. The zero-order chi connectivity index (χ0) is 15.8. The van der Waals surface area contributed by atoms with Crippen molar-refractivity contribution in [2.45, 2.75) is 13.0 Å². The number of ether oxygens (including phenoxy) is 2. The van der Waals surface area contributed by atoms with Crippen LogP contribution in [0.4, 0.5) is 0 Å². The van der Waals surface area contributed by atoms with Crippen LogP contribution in [0.15, 0.2) is 42.5 Å². The number of carbonyl (C=O) groups is 1. The summed E-state index contributed by atoms with van der Waals surface area (Å²) in [6.07, 6.45) is 0.0396. The van der Waals surface area contributed by atoms with Crippen LogP contribution in [-0.2, 0) is 11.3 Å². The Hall–Kier alpha value is -3.02. The van der Waals surface area contributed by atoms with Crippen LogP contribution in [0.1, 0.15) is 6.42 Å².